The third-order valence-electron chi connectivity index (χ3n) is 3.96. The second kappa shape index (κ2) is 5.34. The van der Waals surface area contributed by atoms with Crippen LogP contribution in [0.3, 0.4) is 0 Å². The number of rotatable bonds is 1. The van der Waals surface area contributed by atoms with Crippen molar-refractivity contribution in [3.8, 4) is 0 Å². The van der Waals surface area contributed by atoms with Crippen LogP contribution in [0.4, 0.5) is 5.69 Å². The molecule has 1 N–H and O–H groups in total. The molecule has 110 valence electrons. The second-order valence-corrected chi connectivity index (χ2v) is 6.16. The van der Waals surface area contributed by atoms with Crippen molar-refractivity contribution in [3.05, 3.63) is 81.9 Å². The third kappa shape index (κ3) is 2.27. The van der Waals surface area contributed by atoms with Crippen LogP contribution in [-0.2, 0) is 6.54 Å². The molecule has 0 saturated carbocycles. The highest BCUT2D eigenvalue weighted by atomic mass is 35.5. The molecule has 1 unspecified atom stereocenters. The van der Waals surface area contributed by atoms with Crippen LogP contribution in [0.15, 0.2) is 54.9 Å². The monoisotopic (exact) mass is 329 g/mol. The molecule has 1 aromatic heterocycles. The topological polar surface area (TPSA) is 29.9 Å². The first-order valence-electron chi connectivity index (χ1n) is 7.03. The minimum absolute atomic E-state index is 0.0264. The Morgan fingerprint density at radius 1 is 1.05 bits per heavy atom. The first kappa shape index (κ1) is 13.7. The van der Waals surface area contributed by atoms with E-state index in [1.807, 2.05) is 54.9 Å². The van der Waals surface area contributed by atoms with E-state index in [0.717, 1.165) is 32.7 Å². The number of benzene rings is 2. The zero-order chi connectivity index (χ0) is 15.1. The van der Waals surface area contributed by atoms with E-state index >= 15 is 0 Å². The standard InChI is InChI=1S/C17H13Cl2N3/c18-12-3-1-11(2-4-12)17-14-9-13(19)5-6-15(14)21-10-16-20-7-8-22(16)17/h1-9,17,21H,10H2. The lowest BCUT2D eigenvalue weighted by Gasteiger charge is -2.21. The molecule has 5 heteroatoms. The van der Waals surface area contributed by atoms with Crippen LogP contribution in [0.25, 0.3) is 0 Å². The van der Waals surface area contributed by atoms with Crippen molar-refractivity contribution >= 4 is 28.9 Å². The summed E-state index contributed by atoms with van der Waals surface area (Å²) < 4.78 is 2.18. The molecule has 1 aliphatic rings. The summed E-state index contributed by atoms with van der Waals surface area (Å²) in [5, 5.41) is 4.89. The van der Waals surface area contributed by atoms with Crippen molar-refractivity contribution in [1.82, 2.24) is 9.55 Å². The Kier molecular flexibility index (Phi) is 3.32. The Morgan fingerprint density at radius 2 is 1.82 bits per heavy atom. The van der Waals surface area contributed by atoms with Gasteiger partial charge in [-0.3, -0.25) is 0 Å². The number of hydrogen-bond donors (Lipinski definition) is 1. The van der Waals surface area contributed by atoms with Crippen LogP contribution < -0.4 is 5.32 Å². The smallest absolute Gasteiger partial charge is 0.128 e. The molecular weight excluding hydrogens is 317 g/mol. The van der Waals surface area contributed by atoms with Crippen molar-refractivity contribution in [2.45, 2.75) is 12.6 Å². The predicted molar refractivity (Wildman–Crippen MR) is 89.7 cm³/mol. The molecule has 0 bridgehead atoms. The van der Waals surface area contributed by atoms with Crippen molar-refractivity contribution in [2.75, 3.05) is 5.32 Å². The first-order chi connectivity index (χ1) is 10.7. The van der Waals surface area contributed by atoms with E-state index in [0.29, 0.717) is 6.54 Å². The third-order valence-corrected chi connectivity index (χ3v) is 4.45. The average Bonchev–Trinajstić information content (AvgIpc) is 2.91. The highest BCUT2D eigenvalue weighted by Crippen LogP contribution is 2.37. The Morgan fingerprint density at radius 3 is 2.64 bits per heavy atom. The largest absolute Gasteiger partial charge is 0.378 e. The summed E-state index contributed by atoms with van der Waals surface area (Å²) in [6.07, 6.45) is 3.84. The SMILES string of the molecule is Clc1ccc(C2c3cc(Cl)ccc3NCc3nccn32)cc1. The van der Waals surface area contributed by atoms with Gasteiger partial charge in [-0.2, -0.15) is 0 Å². The minimum atomic E-state index is 0.0264. The highest BCUT2D eigenvalue weighted by molar-refractivity contribution is 6.31. The quantitative estimate of drug-likeness (QED) is 0.698. The van der Waals surface area contributed by atoms with Crippen LogP contribution in [-0.4, -0.2) is 9.55 Å². The van der Waals surface area contributed by atoms with Crippen LogP contribution in [0, 0.1) is 0 Å². The Hall–Kier alpha value is -1.97. The summed E-state index contributed by atoms with van der Waals surface area (Å²) in [5.74, 6) is 0.993. The molecule has 0 amide bonds. The van der Waals surface area contributed by atoms with Gasteiger partial charge in [-0.1, -0.05) is 35.3 Å². The zero-order valence-corrected chi connectivity index (χ0v) is 13.1. The lowest BCUT2D eigenvalue weighted by atomic mass is 9.97. The summed E-state index contributed by atoms with van der Waals surface area (Å²) in [4.78, 5) is 4.46. The van der Waals surface area contributed by atoms with E-state index < -0.39 is 0 Å². The van der Waals surface area contributed by atoms with E-state index in [1.165, 1.54) is 0 Å². The van der Waals surface area contributed by atoms with Crippen LogP contribution >= 0.6 is 23.2 Å². The number of nitrogens with one attached hydrogen (secondary N) is 1. The van der Waals surface area contributed by atoms with Gasteiger partial charge in [-0.05, 0) is 35.9 Å². The van der Waals surface area contributed by atoms with Crippen molar-refractivity contribution in [3.63, 3.8) is 0 Å². The average molecular weight is 330 g/mol. The maximum absolute atomic E-state index is 6.24. The molecule has 0 saturated heterocycles. The first-order valence-corrected chi connectivity index (χ1v) is 7.78. The van der Waals surface area contributed by atoms with E-state index in [2.05, 4.69) is 14.9 Å². The fourth-order valence-corrected chi connectivity index (χ4v) is 3.25. The van der Waals surface area contributed by atoms with Crippen LogP contribution in [0.2, 0.25) is 10.0 Å². The molecule has 4 rings (SSSR count). The fourth-order valence-electron chi connectivity index (χ4n) is 2.95. The molecule has 0 radical (unpaired) electrons. The molecular formula is C17H13Cl2N3. The van der Waals surface area contributed by atoms with E-state index in [-0.39, 0.29) is 6.04 Å². The summed E-state index contributed by atoms with van der Waals surface area (Å²) in [6, 6.07) is 13.9. The number of nitrogens with zero attached hydrogens (tertiary/aromatic N) is 2. The molecule has 2 aromatic carbocycles. The normalized spacial score (nSPS) is 16.4. The van der Waals surface area contributed by atoms with E-state index in [4.69, 9.17) is 23.2 Å². The number of halogens is 2. The van der Waals surface area contributed by atoms with Gasteiger partial charge >= 0.3 is 0 Å². The van der Waals surface area contributed by atoms with Gasteiger partial charge in [0.15, 0.2) is 0 Å². The molecule has 0 aliphatic carbocycles. The van der Waals surface area contributed by atoms with E-state index in [1.54, 1.807) is 0 Å². The number of imidazole rings is 1. The number of hydrogen-bond acceptors (Lipinski definition) is 2. The summed E-state index contributed by atoms with van der Waals surface area (Å²) >= 11 is 12.3. The van der Waals surface area contributed by atoms with Gasteiger partial charge in [-0.25, -0.2) is 4.98 Å². The molecule has 3 nitrogen and oxygen atoms in total. The maximum atomic E-state index is 6.24. The fraction of sp³-hybridized carbons (Fsp3) is 0.118. The second-order valence-electron chi connectivity index (χ2n) is 5.29. The van der Waals surface area contributed by atoms with Gasteiger partial charge < -0.3 is 9.88 Å². The van der Waals surface area contributed by atoms with Gasteiger partial charge in [0.25, 0.3) is 0 Å². The lowest BCUT2D eigenvalue weighted by Crippen LogP contribution is -2.12. The summed E-state index contributed by atoms with van der Waals surface area (Å²) in [7, 11) is 0. The predicted octanol–water partition coefficient (Wildman–Crippen LogP) is 4.75. The van der Waals surface area contributed by atoms with Crippen LogP contribution in [0.1, 0.15) is 23.0 Å². The van der Waals surface area contributed by atoms with Gasteiger partial charge in [0.2, 0.25) is 0 Å². The van der Waals surface area contributed by atoms with Gasteiger partial charge in [0.05, 0.1) is 12.6 Å². The molecule has 22 heavy (non-hydrogen) atoms. The Labute approximate surface area is 138 Å². The highest BCUT2D eigenvalue weighted by Gasteiger charge is 2.25. The van der Waals surface area contributed by atoms with Gasteiger partial charge in [-0.15, -0.1) is 0 Å². The van der Waals surface area contributed by atoms with Crippen molar-refractivity contribution < 1.29 is 0 Å². The summed E-state index contributed by atoms with van der Waals surface area (Å²) in [6.45, 7) is 0.686. The molecule has 1 atom stereocenters. The molecule has 2 heterocycles. The van der Waals surface area contributed by atoms with Crippen molar-refractivity contribution in [1.29, 1.82) is 0 Å². The van der Waals surface area contributed by atoms with Crippen LogP contribution in [0.5, 0.6) is 0 Å². The minimum Gasteiger partial charge on any atom is -0.378 e. The Balaban J connectivity index is 1.96. The van der Waals surface area contributed by atoms with Gasteiger partial charge in [0.1, 0.15) is 5.82 Å². The Bertz CT molecular complexity index is 824. The molecule has 0 spiro atoms. The number of aromatic nitrogens is 2. The maximum Gasteiger partial charge on any atom is 0.128 e. The van der Waals surface area contributed by atoms with Gasteiger partial charge in [0, 0.05) is 33.7 Å². The summed E-state index contributed by atoms with van der Waals surface area (Å²) in [5.41, 5.74) is 3.36. The van der Waals surface area contributed by atoms with E-state index in [9.17, 15) is 0 Å². The zero-order valence-electron chi connectivity index (χ0n) is 11.6. The number of fused-ring (bicyclic) bond motifs is 2. The lowest BCUT2D eigenvalue weighted by molar-refractivity contribution is 0.654. The molecule has 1 aliphatic heterocycles. The molecule has 3 aromatic rings. The molecule has 0 fully saturated rings. The van der Waals surface area contributed by atoms with Crippen molar-refractivity contribution in [2.24, 2.45) is 0 Å². The number of anilines is 1.